The molecule has 0 aliphatic rings. The maximum absolute atomic E-state index is 12.2. The van der Waals surface area contributed by atoms with Crippen LogP contribution in [-0.2, 0) is 16.1 Å². The van der Waals surface area contributed by atoms with Crippen LogP contribution in [0.1, 0.15) is 17.3 Å². The van der Waals surface area contributed by atoms with Gasteiger partial charge in [-0.15, -0.1) is 0 Å². The molecule has 0 atom stereocenters. The lowest BCUT2D eigenvalue weighted by atomic mass is 10.1. The molecule has 23 heavy (non-hydrogen) atoms. The van der Waals surface area contributed by atoms with Crippen molar-refractivity contribution < 1.29 is 19.4 Å². The van der Waals surface area contributed by atoms with Crippen molar-refractivity contribution in [1.82, 2.24) is 14.5 Å². The highest BCUT2D eigenvalue weighted by molar-refractivity contribution is 6.19. The Labute approximate surface area is 130 Å². The predicted octanol–water partition coefficient (Wildman–Crippen LogP) is 1.43. The number of hydrogen-bond donors (Lipinski definition) is 2. The van der Waals surface area contributed by atoms with Gasteiger partial charge in [0.15, 0.2) is 0 Å². The van der Waals surface area contributed by atoms with Crippen LogP contribution in [0.3, 0.4) is 0 Å². The van der Waals surface area contributed by atoms with Gasteiger partial charge in [-0.1, -0.05) is 6.07 Å². The number of hydrogen-bond acceptors (Lipinski definition) is 6. The van der Waals surface area contributed by atoms with Crippen molar-refractivity contribution in [2.75, 3.05) is 12.3 Å². The summed E-state index contributed by atoms with van der Waals surface area (Å²) in [6, 6.07) is 4.98. The molecular weight excluding hydrogens is 300 g/mol. The third-order valence-electron chi connectivity index (χ3n) is 3.48. The molecule has 0 aliphatic carbocycles. The van der Waals surface area contributed by atoms with Crippen LogP contribution in [0.5, 0.6) is 0 Å². The Hall–Kier alpha value is -3.16. The molecule has 2 aromatic heterocycles. The molecule has 0 unspecified atom stereocenters. The van der Waals surface area contributed by atoms with Gasteiger partial charge in [-0.3, -0.25) is 4.79 Å². The van der Waals surface area contributed by atoms with Gasteiger partial charge >= 0.3 is 11.9 Å². The fourth-order valence-corrected chi connectivity index (χ4v) is 2.65. The van der Waals surface area contributed by atoms with Crippen molar-refractivity contribution >= 4 is 39.7 Å². The minimum absolute atomic E-state index is 0.181. The summed E-state index contributed by atoms with van der Waals surface area (Å²) in [5, 5.41) is 10.1. The molecule has 3 aromatic rings. The molecular formula is C15H14N4O4. The highest BCUT2D eigenvalue weighted by Crippen LogP contribution is 2.33. The number of nitrogens with zero attached hydrogens (tertiary/aromatic N) is 3. The fraction of sp³-hybridized carbons (Fsp3) is 0.200. The fourth-order valence-electron chi connectivity index (χ4n) is 2.65. The van der Waals surface area contributed by atoms with Crippen LogP contribution >= 0.6 is 0 Å². The first kappa shape index (κ1) is 14.8. The molecule has 8 nitrogen and oxygen atoms in total. The zero-order chi connectivity index (χ0) is 16.6. The summed E-state index contributed by atoms with van der Waals surface area (Å²) in [6.45, 7) is 1.64. The van der Waals surface area contributed by atoms with Crippen LogP contribution in [0, 0.1) is 0 Å². The average Bonchev–Trinajstić information content (AvgIpc) is 2.82. The van der Waals surface area contributed by atoms with E-state index in [1.807, 2.05) is 0 Å². The monoisotopic (exact) mass is 314 g/mol. The highest BCUT2D eigenvalue weighted by atomic mass is 16.5. The molecule has 0 fully saturated rings. The number of rotatable bonds is 4. The maximum atomic E-state index is 12.2. The molecule has 0 aliphatic heterocycles. The van der Waals surface area contributed by atoms with Crippen molar-refractivity contribution in [2.45, 2.75) is 13.5 Å². The lowest BCUT2D eigenvalue weighted by Crippen LogP contribution is -2.09. The second kappa shape index (κ2) is 5.56. The lowest BCUT2D eigenvalue weighted by molar-refractivity contribution is -0.137. The van der Waals surface area contributed by atoms with E-state index >= 15 is 0 Å². The number of nitrogen functional groups attached to an aromatic ring is 1. The number of carboxylic acids is 1. The summed E-state index contributed by atoms with van der Waals surface area (Å²) in [6.07, 6.45) is 1.26. The summed E-state index contributed by atoms with van der Waals surface area (Å²) in [7, 11) is 0. The minimum Gasteiger partial charge on any atom is -0.480 e. The molecule has 1 aromatic carbocycles. The van der Waals surface area contributed by atoms with E-state index in [9.17, 15) is 9.59 Å². The van der Waals surface area contributed by atoms with Crippen molar-refractivity contribution in [1.29, 1.82) is 0 Å². The number of anilines is 1. The molecule has 118 valence electrons. The van der Waals surface area contributed by atoms with Crippen molar-refractivity contribution in [3.05, 3.63) is 30.1 Å². The van der Waals surface area contributed by atoms with Crippen LogP contribution < -0.4 is 5.73 Å². The van der Waals surface area contributed by atoms with Crippen molar-refractivity contribution in [3.63, 3.8) is 0 Å². The van der Waals surface area contributed by atoms with Crippen LogP contribution in [0.15, 0.2) is 24.5 Å². The van der Waals surface area contributed by atoms with E-state index in [1.165, 1.54) is 10.9 Å². The molecule has 2 heterocycles. The zero-order valence-corrected chi connectivity index (χ0v) is 12.3. The molecule has 8 heteroatoms. The van der Waals surface area contributed by atoms with Gasteiger partial charge in [-0.05, 0) is 19.1 Å². The Morgan fingerprint density at radius 1 is 1.30 bits per heavy atom. The van der Waals surface area contributed by atoms with Crippen molar-refractivity contribution in [2.24, 2.45) is 0 Å². The van der Waals surface area contributed by atoms with E-state index in [-0.39, 0.29) is 19.0 Å². The Bertz CT molecular complexity index is 932. The van der Waals surface area contributed by atoms with Gasteiger partial charge in [0.25, 0.3) is 0 Å². The average molecular weight is 314 g/mol. The number of carbonyl (C=O) groups is 2. The van der Waals surface area contributed by atoms with Gasteiger partial charge in [-0.2, -0.15) is 0 Å². The van der Waals surface area contributed by atoms with E-state index in [2.05, 4.69) is 9.97 Å². The second-order valence-electron chi connectivity index (χ2n) is 4.86. The zero-order valence-electron chi connectivity index (χ0n) is 12.3. The Morgan fingerprint density at radius 2 is 2.09 bits per heavy atom. The Kier molecular flexibility index (Phi) is 3.57. The smallest absolute Gasteiger partial charge is 0.338 e. The van der Waals surface area contributed by atoms with Crippen LogP contribution in [-0.4, -0.2) is 38.2 Å². The van der Waals surface area contributed by atoms with E-state index in [1.54, 1.807) is 25.1 Å². The summed E-state index contributed by atoms with van der Waals surface area (Å²) in [5.74, 6) is -1.35. The third kappa shape index (κ3) is 2.33. The molecule has 3 rings (SSSR count). The summed E-state index contributed by atoms with van der Waals surface area (Å²) in [5.41, 5.74) is 7.16. The summed E-state index contributed by atoms with van der Waals surface area (Å²) in [4.78, 5) is 31.5. The van der Waals surface area contributed by atoms with E-state index in [0.29, 0.717) is 27.5 Å². The topological polar surface area (TPSA) is 120 Å². The number of aromatic nitrogens is 3. The number of aliphatic carboxylic acids is 1. The molecule has 3 N–H and O–H groups in total. The van der Waals surface area contributed by atoms with Gasteiger partial charge in [0.2, 0.25) is 0 Å². The predicted molar refractivity (Wildman–Crippen MR) is 83.0 cm³/mol. The second-order valence-corrected chi connectivity index (χ2v) is 4.86. The first-order chi connectivity index (χ1) is 11.0. The van der Waals surface area contributed by atoms with Gasteiger partial charge < -0.3 is 20.1 Å². The van der Waals surface area contributed by atoms with E-state index in [4.69, 9.17) is 15.6 Å². The standard InChI is InChI=1S/C15H14N4O4/c1-2-23-15(22)8-4-3-5-9-11(8)12-13(16)17-7-18-14(12)19(9)6-10(20)21/h3-5,7H,2,6H2,1H3,(H,20,21)(H2,16,17,18). The largest absolute Gasteiger partial charge is 0.480 e. The molecule has 0 spiro atoms. The van der Waals surface area contributed by atoms with E-state index in [0.717, 1.165) is 0 Å². The number of benzene rings is 1. The molecule has 0 radical (unpaired) electrons. The summed E-state index contributed by atoms with van der Waals surface area (Å²) < 4.78 is 6.56. The van der Waals surface area contributed by atoms with Crippen molar-refractivity contribution in [3.8, 4) is 0 Å². The number of nitrogens with two attached hydrogens (primary N) is 1. The van der Waals surface area contributed by atoms with Crippen LogP contribution in [0.2, 0.25) is 0 Å². The number of fused-ring (bicyclic) bond motifs is 3. The third-order valence-corrected chi connectivity index (χ3v) is 3.48. The quantitative estimate of drug-likeness (QED) is 0.699. The lowest BCUT2D eigenvalue weighted by Gasteiger charge is -2.05. The maximum Gasteiger partial charge on any atom is 0.338 e. The SMILES string of the molecule is CCOC(=O)c1cccc2c1c1c(N)ncnc1n2CC(=O)O. The molecule has 0 saturated heterocycles. The highest BCUT2D eigenvalue weighted by Gasteiger charge is 2.22. The first-order valence-electron chi connectivity index (χ1n) is 6.95. The van der Waals surface area contributed by atoms with Crippen LogP contribution in [0.25, 0.3) is 21.9 Å². The minimum atomic E-state index is -1.03. The Morgan fingerprint density at radius 3 is 2.78 bits per heavy atom. The number of ether oxygens (including phenoxy) is 1. The van der Waals surface area contributed by atoms with Gasteiger partial charge in [0, 0.05) is 5.39 Å². The molecule has 0 bridgehead atoms. The summed E-state index contributed by atoms with van der Waals surface area (Å²) >= 11 is 0. The van der Waals surface area contributed by atoms with Crippen LogP contribution in [0.4, 0.5) is 5.82 Å². The van der Waals surface area contributed by atoms with Gasteiger partial charge in [-0.25, -0.2) is 14.8 Å². The normalized spacial score (nSPS) is 11.0. The number of esters is 1. The molecule has 0 amide bonds. The first-order valence-corrected chi connectivity index (χ1v) is 6.95. The van der Waals surface area contributed by atoms with Gasteiger partial charge in [0.1, 0.15) is 24.3 Å². The van der Waals surface area contributed by atoms with E-state index < -0.39 is 11.9 Å². The molecule has 0 saturated carbocycles. The number of carboxylic acid groups (broad SMARTS) is 1. The number of carbonyl (C=O) groups excluding carboxylic acids is 1. The van der Waals surface area contributed by atoms with Gasteiger partial charge in [0.05, 0.1) is 23.1 Å². The Balaban J connectivity index is 2.44.